The number of hydrogen-bond acceptors (Lipinski definition) is 6. The molecular formula is C9H15N3O7. The Morgan fingerprint density at radius 3 is 2.00 bits per heavy atom. The molecule has 0 fully saturated rings. The minimum absolute atomic E-state index is 0.415. The molecule has 0 bridgehead atoms. The molecule has 0 aromatic carbocycles. The van der Waals surface area contributed by atoms with E-state index in [1.54, 1.807) is 0 Å². The zero-order valence-electron chi connectivity index (χ0n) is 9.83. The van der Waals surface area contributed by atoms with Crippen molar-refractivity contribution in [2.24, 2.45) is 5.73 Å². The van der Waals surface area contributed by atoms with E-state index < -0.39 is 55.4 Å². The maximum Gasteiger partial charge on any atom is 0.326 e. The van der Waals surface area contributed by atoms with Gasteiger partial charge in [-0.2, -0.15) is 0 Å². The first kappa shape index (κ1) is 16.8. The first-order valence-corrected chi connectivity index (χ1v) is 5.17. The van der Waals surface area contributed by atoms with E-state index in [0.717, 1.165) is 0 Å². The lowest BCUT2D eigenvalue weighted by molar-refractivity contribution is -0.147. The zero-order chi connectivity index (χ0) is 15.0. The molecule has 0 saturated heterocycles. The second kappa shape index (κ2) is 8.00. The molecule has 0 spiro atoms. The number of carbonyl (C=O) groups excluding carboxylic acids is 2. The number of aliphatic hydroxyl groups is 1. The van der Waals surface area contributed by atoms with Crippen molar-refractivity contribution in [1.29, 1.82) is 0 Å². The van der Waals surface area contributed by atoms with Gasteiger partial charge in [0.1, 0.15) is 12.1 Å². The Morgan fingerprint density at radius 1 is 1.05 bits per heavy atom. The lowest BCUT2D eigenvalue weighted by Gasteiger charge is -2.18. The van der Waals surface area contributed by atoms with Crippen molar-refractivity contribution in [2.45, 2.75) is 18.5 Å². The Kier molecular flexibility index (Phi) is 7.07. The van der Waals surface area contributed by atoms with Gasteiger partial charge in [0, 0.05) is 0 Å². The van der Waals surface area contributed by atoms with Crippen LogP contribution in [0.15, 0.2) is 0 Å². The highest BCUT2D eigenvalue weighted by Crippen LogP contribution is 1.95. The van der Waals surface area contributed by atoms with Gasteiger partial charge in [0.05, 0.1) is 19.6 Å². The van der Waals surface area contributed by atoms with E-state index in [4.69, 9.17) is 21.1 Å². The minimum Gasteiger partial charge on any atom is -0.481 e. The molecule has 7 N–H and O–H groups in total. The van der Waals surface area contributed by atoms with Crippen LogP contribution in [0.3, 0.4) is 0 Å². The molecule has 108 valence electrons. The topological polar surface area (TPSA) is 179 Å². The number of carboxylic acid groups (broad SMARTS) is 2. The van der Waals surface area contributed by atoms with Crippen LogP contribution in [0, 0.1) is 0 Å². The van der Waals surface area contributed by atoms with Crippen LogP contribution in [-0.2, 0) is 19.2 Å². The highest BCUT2D eigenvalue weighted by atomic mass is 16.4. The van der Waals surface area contributed by atoms with Gasteiger partial charge in [0.25, 0.3) is 0 Å². The van der Waals surface area contributed by atoms with E-state index in [1.165, 1.54) is 0 Å². The number of carbonyl (C=O) groups is 4. The molecule has 2 atom stereocenters. The van der Waals surface area contributed by atoms with Crippen molar-refractivity contribution in [3.63, 3.8) is 0 Å². The quantitative estimate of drug-likeness (QED) is 0.264. The summed E-state index contributed by atoms with van der Waals surface area (Å²) < 4.78 is 0. The highest BCUT2D eigenvalue weighted by Gasteiger charge is 2.27. The molecule has 0 rings (SSSR count). The van der Waals surface area contributed by atoms with Crippen molar-refractivity contribution >= 4 is 23.8 Å². The molecule has 10 heteroatoms. The van der Waals surface area contributed by atoms with Crippen molar-refractivity contribution in [1.82, 2.24) is 10.6 Å². The van der Waals surface area contributed by atoms with Crippen molar-refractivity contribution in [3.8, 4) is 0 Å². The second-order valence-corrected chi connectivity index (χ2v) is 3.50. The normalized spacial score (nSPS) is 13.2. The van der Waals surface area contributed by atoms with E-state index >= 15 is 0 Å². The minimum atomic E-state index is -1.66. The van der Waals surface area contributed by atoms with Gasteiger partial charge in [0.15, 0.2) is 0 Å². The number of amides is 2. The van der Waals surface area contributed by atoms with E-state index in [-0.39, 0.29) is 0 Å². The Balaban J connectivity index is 4.63. The predicted molar refractivity (Wildman–Crippen MR) is 59.9 cm³/mol. The summed E-state index contributed by atoms with van der Waals surface area (Å²) in [5.41, 5.74) is 4.99. The molecule has 0 unspecified atom stereocenters. The van der Waals surface area contributed by atoms with E-state index in [2.05, 4.69) is 0 Å². The first-order valence-electron chi connectivity index (χ1n) is 5.17. The molecule has 10 nitrogen and oxygen atoms in total. The van der Waals surface area contributed by atoms with Gasteiger partial charge in [-0.05, 0) is 0 Å². The third-order valence-corrected chi connectivity index (χ3v) is 2.01. The molecular weight excluding hydrogens is 262 g/mol. The maximum absolute atomic E-state index is 11.5. The average molecular weight is 277 g/mol. The number of aliphatic hydroxyl groups excluding tert-OH is 1. The summed E-state index contributed by atoms with van der Waals surface area (Å²) in [6.45, 7) is -1.20. The Bertz CT molecular complexity index is 371. The van der Waals surface area contributed by atoms with Crippen LogP contribution in [-0.4, -0.2) is 64.3 Å². The molecule has 0 aliphatic carbocycles. The summed E-state index contributed by atoms with van der Waals surface area (Å²) in [7, 11) is 0. The second-order valence-electron chi connectivity index (χ2n) is 3.50. The number of nitrogens with two attached hydrogens (primary N) is 1. The third kappa shape index (κ3) is 6.33. The van der Waals surface area contributed by atoms with Crippen LogP contribution >= 0.6 is 0 Å². The number of hydrogen-bond donors (Lipinski definition) is 6. The lowest BCUT2D eigenvalue weighted by atomic mass is 10.2. The third-order valence-electron chi connectivity index (χ3n) is 2.01. The molecule has 0 radical (unpaired) electrons. The van der Waals surface area contributed by atoms with Gasteiger partial charge in [-0.3, -0.25) is 14.4 Å². The first-order chi connectivity index (χ1) is 8.81. The smallest absolute Gasteiger partial charge is 0.326 e. The summed E-state index contributed by atoms with van der Waals surface area (Å²) in [4.78, 5) is 43.6. The van der Waals surface area contributed by atoms with Gasteiger partial charge < -0.3 is 31.7 Å². The molecule has 0 aromatic heterocycles. The Hall–Kier alpha value is -2.20. The van der Waals surface area contributed by atoms with E-state index in [0.29, 0.717) is 0 Å². The Morgan fingerprint density at radius 2 is 1.63 bits per heavy atom. The van der Waals surface area contributed by atoms with Crippen molar-refractivity contribution in [3.05, 3.63) is 0 Å². The fourth-order valence-corrected chi connectivity index (χ4v) is 1.09. The molecule has 0 saturated carbocycles. The van der Waals surface area contributed by atoms with Crippen LogP contribution in [0.1, 0.15) is 6.42 Å². The van der Waals surface area contributed by atoms with Gasteiger partial charge >= 0.3 is 11.9 Å². The zero-order valence-corrected chi connectivity index (χ0v) is 9.83. The number of nitrogens with one attached hydrogen (secondary N) is 2. The summed E-state index contributed by atoms with van der Waals surface area (Å²) in [6.07, 6.45) is -0.829. The van der Waals surface area contributed by atoms with Crippen LogP contribution in [0.4, 0.5) is 0 Å². The van der Waals surface area contributed by atoms with Crippen LogP contribution in [0.2, 0.25) is 0 Å². The Labute approximate surface area is 107 Å². The lowest BCUT2D eigenvalue weighted by Crippen LogP contribution is -2.54. The average Bonchev–Trinajstić information content (AvgIpc) is 2.33. The SMILES string of the molecule is NCC(=O)N[C@@H](CO)C(=O)N[C@@H](CC(=O)O)C(=O)O. The van der Waals surface area contributed by atoms with Gasteiger partial charge in [0.2, 0.25) is 11.8 Å². The van der Waals surface area contributed by atoms with Gasteiger partial charge in [-0.1, -0.05) is 0 Å². The monoisotopic (exact) mass is 277 g/mol. The van der Waals surface area contributed by atoms with Crippen LogP contribution < -0.4 is 16.4 Å². The van der Waals surface area contributed by atoms with Gasteiger partial charge in [-0.15, -0.1) is 0 Å². The summed E-state index contributed by atoms with van der Waals surface area (Å²) >= 11 is 0. The van der Waals surface area contributed by atoms with Crippen molar-refractivity contribution in [2.75, 3.05) is 13.2 Å². The highest BCUT2D eigenvalue weighted by molar-refractivity contribution is 5.92. The van der Waals surface area contributed by atoms with Crippen molar-refractivity contribution < 1.29 is 34.5 Å². The molecule has 0 aliphatic rings. The number of carboxylic acids is 2. The largest absolute Gasteiger partial charge is 0.481 e. The van der Waals surface area contributed by atoms with Crippen LogP contribution in [0.25, 0.3) is 0 Å². The molecule has 19 heavy (non-hydrogen) atoms. The number of rotatable bonds is 8. The molecule has 2 amide bonds. The maximum atomic E-state index is 11.5. The van der Waals surface area contributed by atoms with Gasteiger partial charge in [-0.25, -0.2) is 4.79 Å². The van der Waals surface area contributed by atoms with E-state index in [9.17, 15) is 19.2 Å². The molecule has 0 heterocycles. The standard InChI is InChI=1S/C9H15N3O7/c10-2-6(14)11-5(3-13)8(17)12-4(9(18)19)1-7(15)16/h4-5,13H,1-3,10H2,(H,11,14)(H,12,17)(H,15,16)(H,18,19)/t4-,5-/m0/s1. The molecule has 0 aromatic rings. The fraction of sp³-hybridized carbons (Fsp3) is 0.556. The van der Waals surface area contributed by atoms with E-state index in [1.807, 2.05) is 10.6 Å². The molecule has 0 aliphatic heterocycles. The summed E-state index contributed by atoms with van der Waals surface area (Å²) in [6, 6.07) is -3.06. The summed E-state index contributed by atoms with van der Waals surface area (Å²) in [5, 5.41) is 30.0. The fourth-order valence-electron chi connectivity index (χ4n) is 1.09. The summed E-state index contributed by atoms with van der Waals surface area (Å²) in [5.74, 6) is -4.70. The number of aliphatic carboxylic acids is 2. The van der Waals surface area contributed by atoms with Crippen LogP contribution in [0.5, 0.6) is 0 Å². The predicted octanol–water partition coefficient (Wildman–Crippen LogP) is -3.53.